The predicted molar refractivity (Wildman–Crippen MR) is 77.7 cm³/mol. The van der Waals surface area contributed by atoms with Crippen molar-refractivity contribution in [2.45, 2.75) is 39.7 Å². The minimum absolute atomic E-state index is 0.0286. The monoisotopic (exact) mass is 285 g/mol. The third-order valence-electron chi connectivity index (χ3n) is 3.71. The molecular weight excluding hydrogens is 258 g/mol. The smallest absolute Gasteiger partial charge is 0.317 e. The number of nitrogens with one attached hydrogen (secondary N) is 1. The summed E-state index contributed by atoms with van der Waals surface area (Å²) in [4.78, 5) is 27.1. The molecular formula is C14H27N3O3. The van der Waals surface area contributed by atoms with Crippen molar-refractivity contribution in [2.24, 2.45) is 5.92 Å². The topological polar surface area (TPSA) is 72.9 Å². The summed E-state index contributed by atoms with van der Waals surface area (Å²) in [5.74, 6) is -0.770. The van der Waals surface area contributed by atoms with Gasteiger partial charge in [0.15, 0.2) is 0 Å². The predicted octanol–water partition coefficient (Wildman–Crippen LogP) is 1.22. The molecule has 1 rings (SSSR count). The lowest BCUT2D eigenvalue weighted by Crippen LogP contribution is -2.54. The van der Waals surface area contributed by atoms with Crippen LogP contribution in [-0.4, -0.2) is 65.7 Å². The highest BCUT2D eigenvalue weighted by Gasteiger charge is 2.25. The van der Waals surface area contributed by atoms with Crippen LogP contribution in [0.1, 0.15) is 33.6 Å². The van der Waals surface area contributed by atoms with Crippen LogP contribution in [0.4, 0.5) is 4.79 Å². The molecule has 0 saturated carbocycles. The maximum Gasteiger partial charge on any atom is 0.317 e. The molecule has 116 valence electrons. The zero-order valence-electron chi connectivity index (χ0n) is 12.8. The van der Waals surface area contributed by atoms with E-state index in [1.165, 1.54) is 0 Å². The van der Waals surface area contributed by atoms with Gasteiger partial charge in [-0.3, -0.25) is 9.69 Å². The van der Waals surface area contributed by atoms with E-state index in [4.69, 9.17) is 5.11 Å². The van der Waals surface area contributed by atoms with Gasteiger partial charge in [-0.25, -0.2) is 4.79 Å². The second-order valence-electron chi connectivity index (χ2n) is 5.73. The molecule has 20 heavy (non-hydrogen) atoms. The molecule has 6 nitrogen and oxygen atoms in total. The van der Waals surface area contributed by atoms with Crippen molar-refractivity contribution in [2.75, 3.05) is 32.7 Å². The van der Waals surface area contributed by atoms with Gasteiger partial charge in [0, 0.05) is 32.2 Å². The molecule has 0 spiro atoms. The number of hydrogen-bond acceptors (Lipinski definition) is 3. The first-order valence-corrected chi connectivity index (χ1v) is 7.43. The van der Waals surface area contributed by atoms with Gasteiger partial charge >= 0.3 is 12.0 Å². The molecule has 2 amide bonds. The molecule has 1 aliphatic heterocycles. The van der Waals surface area contributed by atoms with Gasteiger partial charge in [-0.05, 0) is 18.9 Å². The lowest BCUT2D eigenvalue weighted by Gasteiger charge is -2.35. The fourth-order valence-corrected chi connectivity index (χ4v) is 2.38. The molecule has 1 atom stereocenters. The quantitative estimate of drug-likeness (QED) is 0.769. The zero-order chi connectivity index (χ0) is 15.1. The van der Waals surface area contributed by atoms with Crippen LogP contribution in [0.25, 0.3) is 0 Å². The van der Waals surface area contributed by atoms with E-state index < -0.39 is 5.97 Å². The van der Waals surface area contributed by atoms with Crippen molar-refractivity contribution in [3.63, 3.8) is 0 Å². The maximum absolute atomic E-state index is 12.2. The van der Waals surface area contributed by atoms with Crippen molar-refractivity contribution >= 4 is 12.0 Å². The number of urea groups is 1. The summed E-state index contributed by atoms with van der Waals surface area (Å²) in [7, 11) is 0. The number of hydrogen-bond donors (Lipinski definition) is 2. The molecule has 6 heteroatoms. The number of carboxylic acids is 1. The summed E-state index contributed by atoms with van der Waals surface area (Å²) in [6, 6.07) is -0.449. The van der Waals surface area contributed by atoms with Crippen molar-refractivity contribution in [1.82, 2.24) is 15.1 Å². The van der Waals surface area contributed by atoms with Gasteiger partial charge in [-0.1, -0.05) is 20.8 Å². The number of aliphatic carboxylic acids is 1. The molecule has 0 bridgehead atoms. The second kappa shape index (κ2) is 8.09. The van der Waals surface area contributed by atoms with Gasteiger partial charge in [0.05, 0.1) is 6.42 Å². The molecule has 1 saturated heterocycles. The molecule has 0 aromatic heterocycles. The Morgan fingerprint density at radius 1 is 1.20 bits per heavy atom. The number of rotatable bonds is 6. The highest BCUT2D eigenvalue weighted by atomic mass is 16.4. The van der Waals surface area contributed by atoms with Crippen LogP contribution in [0.3, 0.4) is 0 Å². The highest BCUT2D eigenvalue weighted by Crippen LogP contribution is 2.08. The number of carboxylic acid groups (broad SMARTS) is 1. The van der Waals surface area contributed by atoms with E-state index in [1.807, 2.05) is 13.8 Å². The van der Waals surface area contributed by atoms with Crippen LogP contribution in [0.2, 0.25) is 0 Å². The third-order valence-corrected chi connectivity index (χ3v) is 3.71. The first-order chi connectivity index (χ1) is 9.43. The number of piperazine rings is 1. The summed E-state index contributed by atoms with van der Waals surface area (Å²) >= 11 is 0. The van der Waals surface area contributed by atoms with Crippen molar-refractivity contribution in [3.8, 4) is 0 Å². The molecule has 0 aliphatic carbocycles. The van der Waals surface area contributed by atoms with E-state index in [0.29, 0.717) is 13.1 Å². The van der Waals surface area contributed by atoms with Gasteiger partial charge < -0.3 is 15.3 Å². The minimum Gasteiger partial charge on any atom is -0.481 e. The molecule has 1 heterocycles. The van der Waals surface area contributed by atoms with Gasteiger partial charge in [0.1, 0.15) is 0 Å². The van der Waals surface area contributed by atoms with E-state index in [9.17, 15) is 9.59 Å². The Labute approximate surface area is 121 Å². The SMILES string of the molecule is CCCN1CCN(C(=O)NC(CC(=O)O)C(C)C)CC1. The van der Waals surface area contributed by atoms with Crippen molar-refractivity contribution in [3.05, 3.63) is 0 Å². The van der Waals surface area contributed by atoms with E-state index in [2.05, 4.69) is 17.1 Å². The van der Waals surface area contributed by atoms with E-state index in [-0.39, 0.29) is 24.4 Å². The normalized spacial score (nSPS) is 18.1. The molecule has 1 aliphatic rings. The summed E-state index contributed by atoms with van der Waals surface area (Å²) in [5.41, 5.74) is 0. The number of carbonyl (C=O) groups excluding carboxylic acids is 1. The Morgan fingerprint density at radius 2 is 1.80 bits per heavy atom. The first-order valence-electron chi connectivity index (χ1n) is 7.43. The average molecular weight is 285 g/mol. The van der Waals surface area contributed by atoms with Crippen LogP contribution in [0.15, 0.2) is 0 Å². The summed E-state index contributed by atoms with van der Waals surface area (Å²) in [6.07, 6.45) is 1.10. The minimum atomic E-state index is -0.878. The van der Waals surface area contributed by atoms with Crippen LogP contribution in [-0.2, 0) is 4.79 Å². The number of nitrogens with zero attached hydrogens (tertiary/aromatic N) is 2. The van der Waals surface area contributed by atoms with Crippen LogP contribution in [0, 0.1) is 5.92 Å². The molecule has 0 radical (unpaired) electrons. The maximum atomic E-state index is 12.2. The standard InChI is InChI=1S/C14H27N3O3/c1-4-5-16-6-8-17(9-7-16)14(20)15-12(11(2)3)10-13(18)19/h11-12H,4-10H2,1-3H3,(H,15,20)(H,18,19). The molecule has 1 unspecified atom stereocenters. The van der Waals surface area contributed by atoms with Crippen LogP contribution in [0.5, 0.6) is 0 Å². The lowest BCUT2D eigenvalue weighted by molar-refractivity contribution is -0.137. The van der Waals surface area contributed by atoms with Gasteiger partial charge in [0.2, 0.25) is 0 Å². The van der Waals surface area contributed by atoms with Gasteiger partial charge in [-0.15, -0.1) is 0 Å². The molecule has 1 fully saturated rings. The molecule has 0 aromatic carbocycles. The third kappa shape index (κ3) is 5.36. The number of amides is 2. The van der Waals surface area contributed by atoms with E-state index >= 15 is 0 Å². The second-order valence-corrected chi connectivity index (χ2v) is 5.73. The Hall–Kier alpha value is -1.30. The molecule has 0 aromatic rings. The van der Waals surface area contributed by atoms with E-state index in [0.717, 1.165) is 26.1 Å². The fourth-order valence-electron chi connectivity index (χ4n) is 2.38. The Kier molecular flexibility index (Phi) is 6.78. The Morgan fingerprint density at radius 3 is 2.25 bits per heavy atom. The Balaban J connectivity index is 2.43. The summed E-state index contributed by atoms with van der Waals surface area (Å²) in [6.45, 7) is 10.3. The van der Waals surface area contributed by atoms with Gasteiger partial charge in [0.25, 0.3) is 0 Å². The van der Waals surface area contributed by atoms with Crippen molar-refractivity contribution in [1.29, 1.82) is 0 Å². The fraction of sp³-hybridized carbons (Fsp3) is 0.857. The summed E-state index contributed by atoms with van der Waals surface area (Å²) in [5, 5.41) is 11.7. The lowest BCUT2D eigenvalue weighted by atomic mass is 10.0. The van der Waals surface area contributed by atoms with E-state index in [1.54, 1.807) is 4.90 Å². The molecule has 2 N–H and O–H groups in total. The highest BCUT2D eigenvalue weighted by molar-refractivity contribution is 5.76. The summed E-state index contributed by atoms with van der Waals surface area (Å²) < 4.78 is 0. The van der Waals surface area contributed by atoms with Gasteiger partial charge in [-0.2, -0.15) is 0 Å². The largest absolute Gasteiger partial charge is 0.481 e. The average Bonchev–Trinajstić information content (AvgIpc) is 2.38. The van der Waals surface area contributed by atoms with Crippen molar-refractivity contribution < 1.29 is 14.7 Å². The van der Waals surface area contributed by atoms with Crippen LogP contribution < -0.4 is 5.32 Å². The zero-order valence-corrected chi connectivity index (χ0v) is 12.8. The number of carbonyl (C=O) groups is 2. The van der Waals surface area contributed by atoms with Crippen LogP contribution >= 0.6 is 0 Å². The Bertz CT molecular complexity index is 326. The first kappa shape index (κ1) is 16.8.